The number of carbonyl (C=O) groups is 1. The Balaban J connectivity index is 2.41. The molecule has 6 nitrogen and oxygen atoms in total. The lowest BCUT2D eigenvalue weighted by atomic mass is 10.1. The molecule has 0 aromatic heterocycles. The molecule has 15 heavy (non-hydrogen) atoms. The van der Waals surface area contributed by atoms with Crippen LogP contribution in [-0.4, -0.2) is 17.1 Å². The molecule has 1 aromatic rings. The van der Waals surface area contributed by atoms with Crippen molar-refractivity contribution in [1.82, 2.24) is 5.32 Å². The van der Waals surface area contributed by atoms with E-state index in [-0.39, 0.29) is 11.9 Å². The van der Waals surface area contributed by atoms with E-state index in [0.29, 0.717) is 17.8 Å². The number of oxime groups is 1. The van der Waals surface area contributed by atoms with Crippen molar-refractivity contribution < 1.29 is 10.0 Å². The molecule has 0 atom stereocenters. The van der Waals surface area contributed by atoms with Gasteiger partial charge in [0.2, 0.25) is 0 Å². The third-order valence-electron chi connectivity index (χ3n) is 2.20. The minimum atomic E-state index is -0.251. The second kappa shape index (κ2) is 3.49. The molecule has 5 N–H and O–H groups in total. The number of nitrogens with zero attached hydrogens (tertiary/aromatic N) is 1. The van der Waals surface area contributed by atoms with Crippen molar-refractivity contribution >= 4 is 17.6 Å². The largest absolute Gasteiger partial charge is 0.409 e. The Morgan fingerprint density at radius 3 is 3.07 bits per heavy atom. The van der Waals surface area contributed by atoms with E-state index in [1.54, 1.807) is 12.1 Å². The van der Waals surface area contributed by atoms with E-state index >= 15 is 0 Å². The van der Waals surface area contributed by atoms with Crippen LogP contribution < -0.4 is 16.4 Å². The highest BCUT2D eigenvalue weighted by Gasteiger charge is 2.14. The molecule has 1 heterocycles. The predicted octanol–water partition coefficient (Wildman–Crippen LogP) is 0.416. The third-order valence-corrected chi connectivity index (χ3v) is 2.20. The standard InChI is InChI=1S/C9H10N4O2/c10-8(13-15)5-1-2-6-4-11-9(14)12-7(6)3-5/h1-3,15H,4H2,(H2,10,13)(H2,11,12,14). The zero-order chi connectivity index (χ0) is 10.8. The van der Waals surface area contributed by atoms with Gasteiger partial charge in [0, 0.05) is 17.8 Å². The minimum absolute atomic E-state index is 0.0191. The van der Waals surface area contributed by atoms with Gasteiger partial charge in [-0.2, -0.15) is 0 Å². The Kier molecular flexibility index (Phi) is 2.17. The summed E-state index contributed by atoms with van der Waals surface area (Å²) >= 11 is 0. The monoisotopic (exact) mass is 206 g/mol. The molecule has 0 bridgehead atoms. The van der Waals surface area contributed by atoms with Crippen molar-refractivity contribution in [1.29, 1.82) is 0 Å². The molecule has 1 aliphatic heterocycles. The average Bonchev–Trinajstić information content (AvgIpc) is 2.27. The fourth-order valence-electron chi connectivity index (χ4n) is 1.41. The Bertz CT molecular complexity index is 442. The summed E-state index contributed by atoms with van der Waals surface area (Å²) in [6.45, 7) is 0.484. The molecule has 0 radical (unpaired) electrons. The fraction of sp³-hybridized carbons (Fsp3) is 0.111. The van der Waals surface area contributed by atoms with Gasteiger partial charge in [0.05, 0.1) is 0 Å². The lowest BCUT2D eigenvalue weighted by Crippen LogP contribution is -2.33. The maximum atomic E-state index is 11.0. The predicted molar refractivity (Wildman–Crippen MR) is 54.8 cm³/mol. The van der Waals surface area contributed by atoms with E-state index in [0.717, 1.165) is 5.56 Å². The molecule has 78 valence electrons. The average molecular weight is 206 g/mol. The maximum absolute atomic E-state index is 11.0. The van der Waals surface area contributed by atoms with Crippen LogP contribution in [0.3, 0.4) is 0 Å². The van der Waals surface area contributed by atoms with E-state index < -0.39 is 0 Å². The van der Waals surface area contributed by atoms with Crippen molar-refractivity contribution in [2.45, 2.75) is 6.54 Å². The highest BCUT2D eigenvalue weighted by atomic mass is 16.4. The van der Waals surface area contributed by atoms with Crippen LogP contribution in [0.2, 0.25) is 0 Å². The topological polar surface area (TPSA) is 99.7 Å². The van der Waals surface area contributed by atoms with Crippen LogP contribution in [0.1, 0.15) is 11.1 Å². The van der Waals surface area contributed by atoms with Crippen molar-refractivity contribution in [3.05, 3.63) is 29.3 Å². The van der Waals surface area contributed by atoms with Gasteiger partial charge in [-0.25, -0.2) is 4.79 Å². The first-order valence-electron chi connectivity index (χ1n) is 4.36. The Hall–Kier alpha value is -2.24. The van der Waals surface area contributed by atoms with Crippen LogP contribution in [0.5, 0.6) is 0 Å². The van der Waals surface area contributed by atoms with E-state index in [4.69, 9.17) is 10.9 Å². The van der Waals surface area contributed by atoms with Gasteiger partial charge in [-0.05, 0) is 11.6 Å². The number of nitrogens with one attached hydrogen (secondary N) is 2. The summed E-state index contributed by atoms with van der Waals surface area (Å²) in [6.07, 6.45) is 0. The van der Waals surface area contributed by atoms with E-state index in [9.17, 15) is 4.79 Å². The molecule has 0 saturated carbocycles. The van der Waals surface area contributed by atoms with E-state index in [1.165, 1.54) is 0 Å². The van der Waals surface area contributed by atoms with Crippen LogP contribution in [0.15, 0.2) is 23.4 Å². The molecule has 2 amide bonds. The molecule has 0 saturated heterocycles. The van der Waals surface area contributed by atoms with Gasteiger partial charge in [-0.3, -0.25) is 0 Å². The quantitative estimate of drug-likeness (QED) is 0.232. The number of hydrogen-bond acceptors (Lipinski definition) is 3. The lowest BCUT2D eigenvalue weighted by Gasteiger charge is -2.18. The number of carbonyl (C=O) groups excluding carboxylic acids is 1. The zero-order valence-corrected chi connectivity index (χ0v) is 7.82. The summed E-state index contributed by atoms with van der Waals surface area (Å²) in [4.78, 5) is 11.0. The fourth-order valence-corrected chi connectivity index (χ4v) is 1.41. The van der Waals surface area contributed by atoms with Crippen LogP contribution in [-0.2, 0) is 6.54 Å². The SMILES string of the molecule is NC(=NO)c1ccc2c(c1)NC(=O)NC2. The van der Waals surface area contributed by atoms with Crippen molar-refractivity contribution in [3.8, 4) is 0 Å². The van der Waals surface area contributed by atoms with Crippen LogP contribution in [0.25, 0.3) is 0 Å². The number of amides is 2. The number of amidine groups is 1. The van der Waals surface area contributed by atoms with Crippen molar-refractivity contribution in [3.63, 3.8) is 0 Å². The van der Waals surface area contributed by atoms with E-state index in [1.807, 2.05) is 6.07 Å². The number of benzene rings is 1. The van der Waals surface area contributed by atoms with Gasteiger partial charge in [0.25, 0.3) is 0 Å². The van der Waals surface area contributed by atoms with Gasteiger partial charge < -0.3 is 21.6 Å². The smallest absolute Gasteiger partial charge is 0.319 e. The van der Waals surface area contributed by atoms with Gasteiger partial charge in [-0.15, -0.1) is 0 Å². The lowest BCUT2D eigenvalue weighted by molar-refractivity contribution is 0.251. The van der Waals surface area contributed by atoms with Crippen LogP contribution in [0, 0.1) is 0 Å². The molecule has 0 aliphatic carbocycles. The normalized spacial score (nSPS) is 15.2. The molecule has 0 spiro atoms. The number of fused-ring (bicyclic) bond motifs is 1. The molecule has 1 aromatic carbocycles. The highest BCUT2D eigenvalue weighted by molar-refractivity contribution is 6.00. The van der Waals surface area contributed by atoms with Crippen molar-refractivity contribution in [2.24, 2.45) is 10.9 Å². The number of nitrogens with two attached hydrogens (primary N) is 1. The van der Waals surface area contributed by atoms with E-state index in [2.05, 4.69) is 15.8 Å². The Labute approximate surface area is 85.8 Å². The number of hydrogen-bond donors (Lipinski definition) is 4. The van der Waals surface area contributed by atoms with Gasteiger partial charge in [0.15, 0.2) is 5.84 Å². The van der Waals surface area contributed by atoms with Gasteiger partial charge in [0.1, 0.15) is 0 Å². The first-order chi connectivity index (χ1) is 7.20. The molecule has 0 unspecified atom stereocenters. The minimum Gasteiger partial charge on any atom is -0.409 e. The number of urea groups is 1. The van der Waals surface area contributed by atoms with Crippen LogP contribution >= 0.6 is 0 Å². The Morgan fingerprint density at radius 1 is 1.53 bits per heavy atom. The summed E-state index contributed by atoms with van der Waals surface area (Å²) in [5.41, 5.74) is 7.65. The summed E-state index contributed by atoms with van der Waals surface area (Å²) in [6, 6.07) is 4.96. The second-order valence-corrected chi connectivity index (χ2v) is 3.16. The third kappa shape index (κ3) is 1.69. The first-order valence-corrected chi connectivity index (χ1v) is 4.36. The molecule has 2 rings (SSSR count). The van der Waals surface area contributed by atoms with Gasteiger partial charge >= 0.3 is 6.03 Å². The summed E-state index contributed by atoms with van der Waals surface area (Å²) in [7, 11) is 0. The summed E-state index contributed by atoms with van der Waals surface area (Å²) in [5, 5.41) is 16.7. The molecule has 0 fully saturated rings. The highest BCUT2D eigenvalue weighted by Crippen LogP contribution is 2.20. The zero-order valence-electron chi connectivity index (χ0n) is 7.82. The summed E-state index contributed by atoms with van der Waals surface area (Å²) < 4.78 is 0. The molecule has 1 aliphatic rings. The molecular formula is C9H10N4O2. The molecule has 6 heteroatoms. The van der Waals surface area contributed by atoms with Crippen LogP contribution in [0.4, 0.5) is 10.5 Å². The number of rotatable bonds is 1. The Morgan fingerprint density at radius 2 is 2.33 bits per heavy atom. The molecular weight excluding hydrogens is 196 g/mol. The van der Waals surface area contributed by atoms with Gasteiger partial charge in [-0.1, -0.05) is 17.3 Å². The summed E-state index contributed by atoms with van der Waals surface area (Å²) in [5.74, 6) is 0.0191. The first kappa shape index (κ1) is 9.32. The second-order valence-electron chi connectivity index (χ2n) is 3.16. The maximum Gasteiger partial charge on any atom is 0.319 e. The van der Waals surface area contributed by atoms with Crippen molar-refractivity contribution in [2.75, 3.05) is 5.32 Å². The number of anilines is 1.